The number of aryl methyl sites for hydroxylation is 1. The highest BCUT2D eigenvalue weighted by Crippen LogP contribution is 2.23. The molecule has 0 radical (unpaired) electrons. The zero-order valence-electron chi connectivity index (χ0n) is 11.3. The molecule has 0 unspecified atom stereocenters. The molecule has 2 aromatic rings. The number of sulfonamides is 1. The molecule has 0 saturated heterocycles. The van der Waals surface area contributed by atoms with Crippen molar-refractivity contribution in [3.63, 3.8) is 0 Å². The highest BCUT2D eigenvalue weighted by Gasteiger charge is 2.22. The van der Waals surface area contributed by atoms with Crippen molar-refractivity contribution in [1.29, 1.82) is 0 Å². The zero-order chi connectivity index (χ0) is 15.6. The van der Waals surface area contributed by atoms with Crippen LogP contribution >= 0.6 is 11.6 Å². The summed E-state index contributed by atoms with van der Waals surface area (Å²) in [4.78, 5) is 0. The Balaban J connectivity index is 2.38. The van der Waals surface area contributed by atoms with Gasteiger partial charge >= 0.3 is 0 Å². The Labute approximate surface area is 126 Å². The van der Waals surface area contributed by atoms with Crippen molar-refractivity contribution in [3.05, 3.63) is 41.0 Å². The molecule has 112 valence electrons. The van der Waals surface area contributed by atoms with Gasteiger partial charge in [-0.25, -0.2) is 0 Å². The van der Waals surface area contributed by atoms with Gasteiger partial charge in [-0.3, -0.25) is 9.40 Å². The first-order valence-corrected chi connectivity index (χ1v) is 7.70. The number of aromatic nitrogens is 2. The van der Waals surface area contributed by atoms with E-state index in [1.54, 1.807) is 31.2 Å². The van der Waals surface area contributed by atoms with E-state index < -0.39 is 10.0 Å². The maximum absolute atomic E-state index is 12.3. The molecular weight excluding hydrogens is 316 g/mol. The third kappa shape index (κ3) is 3.17. The molecule has 0 atom stereocenters. The Kier molecular flexibility index (Phi) is 4.19. The smallest absolute Gasteiger partial charge is 0.280 e. The summed E-state index contributed by atoms with van der Waals surface area (Å²) in [5.41, 5.74) is 1.29. The first-order valence-electron chi connectivity index (χ1n) is 5.84. The number of halogens is 1. The molecule has 0 aliphatic rings. The van der Waals surface area contributed by atoms with E-state index in [9.17, 15) is 8.42 Å². The standard InChI is InChI=1S/C12H13ClN4O3S/c1-8(15-18)9-4-3-5-10(6-9)16-21(19,20)12-11(13)7-14-17(12)2/h3-7,16,18H,1-2H3/b15-8-. The predicted molar refractivity (Wildman–Crippen MR) is 79.5 cm³/mol. The lowest BCUT2D eigenvalue weighted by molar-refractivity contribution is 0.319. The monoisotopic (exact) mass is 328 g/mol. The highest BCUT2D eigenvalue weighted by atomic mass is 35.5. The number of hydrogen-bond donors (Lipinski definition) is 2. The summed E-state index contributed by atoms with van der Waals surface area (Å²) in [6, 6.07) is 6.48. The van der Waals surface area contributed by atoms with E-state index in [0.717, 1.165) is 0 Å². The Morgan fingerprint density at radius 3 is 2.76 bits per heavy atom. The molecule has 0 fully saturated rings. The molecule has 1 heterocycles. The van der Waals surface area contributed by atoms with Gasteiger partial charge in [-0.2, -0.15) is 13.5 Å². The molecule has 0 bridgehead atoms. The van der Waals surface area contributed by atoms with Crippen LogP contribution in [0.2, 0.25) is 5.02 Å². The Morgan fingerprint density at radius 1 is 1.48 bits per heavy atom. The van der Waals surface area contributed by atoms with E-state index in [0.29, 0.717) is 17.0 Å². The number of nitrogens with zero attached hydrogens (tertiary/aromatic N) is 3. The summed E-state index contributed by atoms with van der Waals surface area (Å²) in [7, 11) is -2.38. The van der Waals surface area contributed by atoms with E-state index >= 15 is 0 Å². The van der Waals surface area contributed by atoms with E-state index in [-0.39, 0.29) is 10.0 Å². The molecule has 9 heteroatoms. The predicted octanol–water partition coefficient (Wildman–Crippen LogP) is 2.07. The molecule has 0 saturated carbocycles. The molecule has 7 nitrogen and oxygen atoms in total. The molecule has 0 amide bonds. The van der Waals surface area contributed by atoms with Gasteiger partial charge in [0.05, 0.1) is 16.9 Å². The van der Waals surface area contributed by atoms with Gasteiger partial charge in [0.1, 0.15) is 0 Å². The van der Waals surface area contributed by atoms with Gasteiger partial charge in [-0.1, -0.05) is 28.9 Å². The number of anilines is 1. The first-order chi connectivity index (χ1) is 9.85. The lowest BCUT2D eigenvalue weighted by atomic mass is 10.1. The van der Waals surface area contributed by atoms with E-state index in [4.69, 9.17) is 16.8 Å². The van der Waals surface area contributed by atoms with Crippen molar-refractivity contribution in [2.75, 3.05) is 4.72 Å². The second kappa shape index (κ2) is 5.74. The quantitative estimate of drug-likeness (QED) is 0.510. The van der Waals surface area contributed by atoms with Crippen molar-refractivity contribution in [3.8, 4) is 0 Å². The summed E-state index contributed by atoms with van der Waals surface area (Å²) in [6.07, 6.45) is 1.26. The summed E-state index contributed by atoms with van der Waals surface area (Å²) in [5.74, 6) is 0. The van der Waals surface area contributed by atoms with Crippen molar-refractivity contribution >= 4 is 33.0 Å². The number of rotatable bonds is 4. The fourth-order valence-corrected chi connectivity index (χ4v) is 3.48. The van der Waals surface area contributed by atoms with Crippen LogP contribution in [0.15, 0.2) is 40.6 Å². The van der Waals surface area contributed by atoms with Crippen LogP contribution < -0.4 is 4.72 Å². The average Bonchev–Trinajstić information content (AvgIpc) is 2.77. The van der Waals surface area contributed by atoms with Crippen LogP contribution in [0.1, 0.15) is 12.5 Å². The second-order valence-electron chi connectivity index (χ2n) is 4.29. The molecule has 0 aliphatic carbocycles. The number of nitrogens with one attached hydrogen (secondary N) is 1. The third-order valence-corrected chi connectivity index (χ3v) is 4.67. The SMILES string of the molecule is C/C(=N/O)c1cccc(NS(=O)(=O)c2c(Cl)cnn2C)c1. The van der Waals surface area contributed by atoms with Crippen LogP contribution in [-0.4, -0.2) is 29.1 Å². The maximum atomic E-state index is 12.3. The van der Waals surface area contributed by atoms with Crippen molar-refractivity contribution < 1.29 is 13.6 Å². The van der Waals surface area contributed by atoms with Crippen LogP contribution in [0.5, 0.6) is 0 Å². The Hall–Kier alpha value is -2.06. The van der Waals surface area contributed by atoms with Crippen molar-refractivity contribution in [1.82, 2.24) is 9.78 Å². The van der Waals surface area contributed by atoms with E-state index in [1.807, 2.05) is 0 Å². The second-order valence-corrected chi connectivity index (χ2v) is 6.30. The normalized spacial score (nSPS) is 12.4. The minimum atomic E-state index is -3.86. The Bertz CT molecular complexity index is 779. The minimum absolute atomic E-state index is 0.0363. The van der Waals surface area contributed by atoms with E-state index in [1.165, 1.54) is 17.9 Å². The van der Waals surface area contributed by atoms with E-state index in [2.05, 4.69) is 15.0 Å². The first kappa shape index (κ1) is 15.3. The highest BCUT2D eigenvalue weighted by molar-refractivity contribution is 7.92. The van der Waals surface area contributed by atoms with Gasteiger partial charge in [-0.05, 0) is 19.1 Å². The fourth-order valence-electron chi connectivity index (χ4n) is 1.77. The van der Waals surface area contributed by atoms with Crippen LogP contribution in [0.3, 0.4) is 0 Å². The van der Waals surface area contributed by atoms with Gasteiger partial charge in [0.2, 0.25) is 0 Å². The minimum Gasteiger partial charge on any atom is -0.411 e. The lowest BCUT2D eigenvalue weighted by Crippen LogP contribution is -2.17. The van der Waals surface area contributed by atoms with Crippen LogP contribution in [0.25, 0.3) is 0 Å². The van der Waals surface area contributed by atoms with Crippen LogP contribution in [0.4, 0.5) is 5.69 Å². The molecule has 0 spiro atoms. The third-order valence-electron chi connectivity index (χ3n) is 2.78. The summed E-state index contributed by atoms with van der Waals surface area (Å²) in [6.45, 7) is 1.60. The van der Waals surface area contributed by atoms with Gasteiger partial charge < -0.3 is 5.21 Å². The average molecular weight is 329 g/mol. The fraction of sp³-hybridized carbons (Fsp3) is 0.167. The number of benzene rings is 1. The summed E-state index contributed by atoms with van der Waals surface area (Å²) >= 11 is 5.85. The zero-order valence-corrected chi connectivity index (χ0v) is 12.9. The molecule has 1 aromatic carbocycles. The molecule has 1 aromatic heterocycles. The topological polar surface area (TPSA) is 96.6 Å². The largest absolute Gasteiger partial charge is 0.411 e. The summed E-state index contributed by atoms with van der Waals surface area (Å²) < 4.78 is 28.2. The molecule has 21 heavy (non-hydrogen) atoms. The Morgan fingerprint density at radius 2 is 2.19 bits per heavy atom. The number of oxime groups is 1. The maximum Gasteiger partial charge on any atom is 0.280 e. The van der Waals surface area contributed by atoms with Crippen molar-refractivity contribution in [2.24, 2.45) is 12.2 Å². The molecular formula is C12H13ClN4O3S. The molecule has 2 N–H and O–H groups in total. The number of hydrogen-bond acceptors (Lipinski definition) is 5. The van der Waals surface area contributed by atoms with Gasteiger partial charge in [-0.15, -0.1) is 0 Å². The lowest BCUT2D eigenvalue weighted by Gasteiger charge is -2.09. The molecule has 2 rings (SSSR count). The van der Waals surface area contributed by atoms with Crippen molar-refractivity contribution in [2.45, 2.75) is 11.9 Å². The van der Waals surface area contributed by atoms with Crippen LogP contribution in [-0.2, 0) is 17.1 Å². The van der Waals surface area contributed by atoms with Gasteiger partial charge in [0.25, 0.3) is 10.0 Å². The van der Waals surface area contributed by atoms with Crippen LogP contribution in [0, 0.1) is 0 Å². The molecule has 0 aliphatic heterocycles. The van der Waals surface area contributed by atoms with Gasteiger partial charge in [0, 0.05) is 18.3 Å². The summed E-state index contributed by atoms with van der Waals surface area (Å²) in [5, 5.41) is 15.5. The van der Waals surface area contributed by atoms with Gasteiger partial charge in [0.15, 0.2) is 5.03 Å².